The van der Waals surface area contributed by atoms with Gasteiger partial charge in [0.05, 0.1) is 0 Å². The molecule has 2 heterocycles. The molecular weight excluding hydrogens is 346 g/mol. The van der Waals surface area contributed by atoms with Crippen molar-refractivity contribution < 1.29 is 4.79 Å². The molecule has 7 heteroatoms. The number of anilines is 1. The molecule has 3 rings (SSSR count). The average Bonchev–Trinajstić information content (AvgIpc) is 3.02. The van der Waals surface area contributed by atoms with Gasteiger partial charge in [0.15, 0.2) is 0 Å². The highest BCUT2D eigenvalue weighted by molar-refractivity contribution is 9.10. The third kappa shape index (κ3) is 3.04. The monoisotopic (exact) mass is 357 g/mol. The Bertz CT molecular complexity index is 817. The summed E-state index contributed by atoms with van der Waals surface area (Å²) in [6.45, 7) is 1.97. The fraction of sp³-hybridized carbons (Fsp3) is 0.0667. The summed E-state index contributed by atoms with van der Waals surface area (Å²) in [5, 5.41) is 10.3. The molecule has 0 spiro atoms. The molecule has 0 unspecified atom stereocenters. The molecule has 0 saturated carbocycles. The topological polar surface area (TPSA) is 72.7 Å². The van der Waals surface area contributed by atoms with E-state index >= 15 is 0 Å². The van der Waals surface area contributed by atoms with Crippen LogP contribution in [0.5, 0.6) is 0 Å². The molecule has 22 heavy (non-hydrogen) atoms. The smallest absolute Gasteiger partial charge is 0.275 e. The average molecular weight is 358 g/mol. The van der Waals surface area contributed by atoms with Gasteiger partial charge in [-0.1, -0.05) is 12.1 Å². The van der Waals surface area contributed by atoms with Crippen molar-refractivity contribution in [2.75, 3.05) is 5.32 Å². The minimum Gasteiger partial charge on any atom is -0.321 e. The van der Waals surface area contributed by atoms with Gasteiger partial charge in [-0.3, -0.25) is 9.36 Å². The minimum atomic E-state index is -0.285. The second kappa shape index (κ2) is 6.07. The van der Waals surface area contributed by atoms with Crippen LogP contribution in [-0.2, 0) is 0 Å². The first-order chi connectivity index (χ1) is 10.6. The summed E-state index contributed by atoms with van der Waals surface area (Å²) in [6.07, 6.45) is 3.05. The van der Waals surface area contributed by atoms with Gasteiger partial charge in [0.2, 0.25) is 0 Å². The van der Waals surface area contributed by atoms with E-state index in [1.54, 1.807) is 16.7 Å². The van der Waals surface area contributed by atoms with Gasteiger partial charge in [0.1, 0.15) is 24.2 Å². The molecule has 110 valence electrons. The highest BCUT2D eigenvalue weighted by Crippen LogP contribution is 2.19. The van der Waals surface area contributed by atoms with Crippen LogP contribution in [0.3, 0.4) is 0 Å². The van der Waals surface area contributed by atoms with E-state index in [4.69, 9.17) is 0 Å². The Balaban J connectivity index is 1.90. The fourth-order valence-electron chi connectivity index (χ4n) is 1.97. The van der Waals surface area contributed by atoms with Crippen molar-refractivity contribution in [1.82, 2.24) is 19.7 Å². The highest BCUT2D eigenvalue weighted by Gasteiger charge is 2.14. The lowest BCUT2D eigenvalue weighted by atomic mass is 10.2. The number of rotatable bonds is 3. The molecule has 3 aromatic rings. The first-order valence-corrected chi connectivity index (χ1v) is 7.32. The van der Waals surface area contributed by atoms with Crippen LogP contribution < -0.4 is 5.32 Å². The molecule has 0 saturated heterocycles. The van der Waals surface area contributed by atoms with Crippen LogP contribution in [0.2, 0.25) is 0 Å². The largest absolute Gasteiger partial charge is 0.321 e. The molecule has 0 atom stereocenters. The Morgan fingerprint density at radius 3 is 2.68 bits per heavy atom. The van der Waals surface area contributed by atoms with Crippen LogP contribution in [0.1, 0.15) is 16.1 Å². The first kappa shape index (κ1) is 14.4. The summed E-state index contributed by atoms with van der Waals surface area (Å²) >= 11 is 3.36. The minimum absolute atomic E-state index is 0.285. The number of benzene rings is 1. The molecule has 1 amide bonds. The molecule has 0 aliphatic heterocycles. The van der Waals surface area contributed by atoms with Gasteiger partial charge in [0, 0.05) is 10.2 Å². The molecule has 0 bridgehead atoms. The van der Waals surface area contributed by atoms with Crippen LogP contribution in [-0.4, -0.2) is 25.7 Å². The molecule has 2 aromatic heterocycles. The van der Waals surface area contributed by atoms with Crippen molar-refractivity contribution in [3.05, 3.63) is 64.8 Å². The molecule has 1 aromatic carbocycles. The summed E-state index contributed by atoms with van der Waals surface area (Å²) in [5.41, 5.74) is 2.10. The normalized spacial score (nSPS) is 10.5. The Morgan fingerprint density at radius 2 is 1.95 bits per heavy atom. The Labute approximate surface area is 135 Å². The van der Waals surface area contributed by atoms with Crippen molar-refractivity contribution in [2.45, 2.75) is 6.92 Å². The molecule has 0 fully saturated rings. The van der Waals surface area contributed by atoms with Crippen LogP contribution in [0.25, 0.3) is 5.82 Å². The van der Waals surface area contributed by atoms with Gasteiger partial charge in [-0.15, -0.1) is 10.2 Å². The van der Waals surface area contributed by atoms with E-state index in [2.05, 4.69) is 36.4 Å². The van der Waals surface area contributed by atoms with Crippen LogP contribution in [0, 0.1) is 6.92 Å². The summed E-state index contributed by atoms with van der Waals surface area (Å²) < 4.78 is 2.25. The lowest BCUT2D eigenvalue weighted by Crippen LogP contribution is -2.15. The van der Waals surface area contributed by atoms with Crippen LogP contribution >= 0.6 is 15.9 Å². The second-order valence-electron chi connectivity index (χ2n) is 4.69. The van der Waals surface area contributed by atoms with Crippen LogP contribution in [0.4, 0.5) is 5.69 Å². The maximum atomic E-state index is 12.4. The van der Waals surface area contributed by atoms with E-state index in [0.717, 1.165) is 11.3 Å². The lowest BCUT2D eigenvalue weighted by molar-refractivity contribution is 0.102. The number of pyridine rings is 1. The van der Waals surface area contributed by atoms with E-state index in [1.807, 2.05) is 31.2 Å². The summed E-state index contributed by atoms with van der Waals surface area (Å²) in [4.78, 5) is 16.8. The van der Waals surface area contributed by atoms with Crippen molar-refractivity contribution in [3.63, 3.8) is 0 Å². The molecule has 0 aliphatic carbocycles. The first-order valence-electron chi connectivity index (χ1n) is 6.53. The molecule has 0 radical (unpaired) electrons. The van der Waals surface area contributed by atoms with Gasteiger partial charge in [-0.25, -0.2) is 4.98 Å². The van der Waals surface area contributed by atoms with E-state index < -0.39 is 0 Å². The van der Waals surface area contributed by atoms with Crippen molar-refractivity contribution in [2.24, 2.45) is 0 Å². The highest BCUT2D eigenvalue weighted by atomic mass is 79.9. The van der Waals surface area contributed by atoms with Gasteiger partial charge in [-0.2, -0.15) is 0 Å². The summed E-state index contributed by atoms with van der Waals surface area (Å²) in [6, 6.07) is 11.1. The third-order valence-corrected chi connectivity index (χ3v) is 3.65. The number of aromatic nitrogens is 4. The van der Waals surface area contributed by atoms with Gasteiger partial charge < -0.3 is 5.32 Å². The fourth-order valence-corrected chi connectivity index (χ4v) is 2.37. The number of aryl methyl sites for hydroxylation is 1. The second-order valence-corrected chi connectivity index (χ2v) is 5.55. The Kier molecular flexibility index (Phi) is 3.97. The van der Waals surface area contributed by atoms with Crippen LogP contribution in [0.15, 0.2) is 53.5 Å². The number of amides is 1. The number of carbonyl (C=O) groups is 1. The van der Waals surface area contributed by atoms with Gasteiger partial charge in [-0.05, 0) is 52.7 Å². The van der Waals surface area contributed by atoms with E-state index in [9.17, 15) is 4.79 Å². The Hall–Kier alpha value is -2.54. The number of halogens is 1. The maximum absolute atomic E-state index is 12.4. The van der Waals surface area contributed by atoms with Gasteiger partial charge >= 0.3 is 0 Å². The summed E-state index contributed by atoms with van der Waals surface area (Å²) in [5.74, 6) is 0.287. The number of hydrogen-bond donors (Lipinski definition) is 1. The number of nitrogens with zero attached hydrogens (tertiary/aromatic N) is 4. The molecule has 6 nitrogen and oxygen atoms in total. The summed E-state index contributed by atoms with van der Waals surface area (Å²) in [7, 11) is 0. The predicted molar refractivity (Wildman–Crippen MR) is 86.0 cm³/mol. The zero-order valence-electron chi connectivity index (χ0n) is 11.7. The van der Waals surface area contributed by atoms with E-state index in [-0.39, 0.29) is 5.91 Å². The zero-order chi connectivity index (χ0) is 15.5. The third-order valence-electron chi connectivity index (χ3n) is 3.01. The Morgan fingerprint density at radius 1 is 1.18 bits per heavy atom. The van der Waals surface area contributed by atoms with Crippen molar-refractivity contribution in [1.29, 1.82) is 0 Å². The number of nitrogens with one attached hydrogen (secondary N) is 1. The molecular formula is C15H12BrN5O. The van der Waals surface area contributed by atoms with Crippen molar-refractivity contribution >= 4 is 27.5 Å². The number of carbonyl (C=O) groups excluding carboxylic acids is 1. The predicted octanol–water partition coefficient (Wildman–Crippen LogP) is 2.99. The van der Waals surface area contributed by atoms with Crippen molar-refractivity contribution in [3.8, 4) is 5.82 Å². The quantitative estimate of drug-likeness (QED) is 0.781. The van der Waals surface area contributed by atoms with E-state index in [0.29, 0.717) is 16.0 Å². The van der Waals surface area contributed by atoms with E-state index in [1.165, 1.54) is 12.7 Å². The van der Waals surface area contributed by atoms with Gasteiger partial charge in [0.25, 0.3) is 5.91 Å². The molecule has 1 N–H and O–H groups in total. The SMILES string of the molecule is Cc1cccc(NC(=O)c2nc(-n3cnnc3)ccc2Br)c1. The molecule has 0 aliphatic rings. The number of hydrogen-bond acceptors (Lipinski definition) is 4. The zero-order valence-corrected chi connectivity index (χ0v) is 13.3. The maximum Gasteiger partial charge on any atom is 0.275 e. The lowest BCUT2D eigenvalue weighted by Gasteiger charge is -2.08. The standard InChI is InChI=1S/C15H12BrN5O/c1-10-3-2-4-11(7-10)19-15(22)14-12(16)5-6-13(20-14)21-8-17-18-9-21/h2-9H,1H3,(H,19,22).